The Hall–Kier alpha value is -2.40. The summed E-state index contributed by atoms with van der Waals surface area (Å²) in [6, 6.07) is 13.3. The molecule has 0 aliphatic carbocycles. The molecule has 0 fully saturated rings. The number of phenolic OH excluding ortho intramolecular Hbond substituents is 1. The number of hydrogen-bond donors (Lipinski definition) is 1. The fourth-order valence-electron chi connectivity index (χ4n) is 3.00. The molecule has 0 saturated carbocycles. The number of benzene rings is 2. The van der Waals surface area contributed by atoms with E-state index in [0.717, 1.165) is 21.0 Å². The highest BCUT2D eigenvalue weighted by Gasteiger charge is 2.27. The quantitative estimate of drug-likeness (QED) is 0.709. The highest BCUT2D eigenvalue weighted by Crippen LogP contribution is 2.35. The molecule has 1 aromatic heterocycles. The Labute approximate surface area is 141 Å². The molecule has 2 aromatic carbocycles. The van der Waals surface area contributed by atoms with E-state index in [2.05, 4.69) is 20.9 Å². The Morgan fingerprint density at radius 2 is 1.83 bits per heavy atom. The summed E-state index contributed by atoms with van der Waals surface area (Å²) in [5.74, 6) is -0.253. The summed E-state index contributed by atoms with van der Waals surface area (Å²) < 4.78 is 0.749. The number of halogens is 1. The number of pyridine rings is 1. The molecule has 114 valence electrons. The topological polar surface area (TPSA) is 53.4 Å². The number of fused-ring (bicyclic) bond motifs is 2. The van der Waals surface area contributed by atoms with E-state index >= 15 is 0 Å². The number of aromatic nitrogens is 1. The summed E-state index contributed by atoms with van der Waals surface area (Å²) >= 11 is 3.47. The molecule has 1 aliphatic heterocycles. The lowest BCUT2D eigenvalue weighted by Crippen LogP contribution is -2.25. The zero-order chi connectivity index (χ0) is 16.0. The van der Waals surface area contributed by atoms with Gasteiger partial charge in [0.15, 0.2) is 5.75 Å². The van der Waals surface area contributed by atoms with E-state index in [1.165, 1.54) is 0 Å². The molecule has 1 N–H and O–H groups in total. The van der Waals surface area contributed by atoms with Gasteiger partial charge in [0, 0.05) is 29.1 Å². The number of rotatable bonds is 1. The molecule has 0 atom stereocenters. The van der Waals surface area contributed by atoms with Gasteiger partial charge in [-0.2, -0.15) is 0 Å². The monoisotopic (exact) mass is 368 g/mol. The Kier molecular flexibility index (Phi) is 3.31. The van der Waals surface area contributed by atoms with Gasteiger partial charge in [-0.25, -0.2) is 0 Å². The highest BCUT2D eigenvalue weighted by atomic mass is 79.9. The average Bonchev–Trinajstić information content (AvgIpc) is 3.01. The first-order chi connectivity index (χ1) is 11.1. The van der Waals surface area contributed by atoms with Gasteiger partial charge in [0.25, 0.3) is 5.91 Å². The fourth-order valence-corrected chi connectivity index (χ4v) is 3.55. The lowest BCUT2D eigenvalue weighted by Gasteiger charge is -2.17. The molecule has 23 heavy (non-hydrogen) atoms. The molecule has 4 nitrogen and oxygen atoms in total. The van der Waals surface area contributed by atoms with Crippen LogP contribution in [0.25, 0.3) is 10.9 Å². The Bertz CT molecular complexity index is 914. The number of carbonyl (C=O) groups excluding carboxylic acids is 1. The molecule has 1 aliphatic rings. The number of hydrogen-bond acceptors (Lipinski definition) is 3. The van der Waals surface area contributed by atoms with Gasteiger partial charge in [-0.3, -0.25) is 9.78 Å². The van der Waals surface area contributed by atoms with Crippen LogP contribution in [0.3, 0.4) is 0 Å². The average molecular weight is 369 g/mol. The molecule has 0 spiro atoms. The van der Waals surface area contributed by atoms with Crippen LogP contribution in [-0.2, 0) is 13.1 Å². The molecule has 0 bridgehead atoms. The van der Waals surface area contributed by atoms with Crippen molar-refractivity contribution in [3.8, 4) is 5.75 Å². The van der Waals surface area contributed by atoms with Gasteiger partial charge in [-0.05, 0) is 23.3 Å². The van der Waals surface area contributed by atoms with Crippen molar-refractivity contribution in [2.75, 3.05) is 0 Å². The first-order valence-electron chi connectivity index (χ1n) is 7.27. The smallest absolute Gasteiger partial charge is 0.258 e. The van der Waals surface area contributed by atoms with Crippen LogP contribution < -0.4 is 0 Å². The van der Waals surface area contributed by atoms with Gasteiger partial charge in [-0.15, -0.1) is 0 Å². The van der Waals surface area contributed by atoms with Gasteiger partial charge < -0.3 is 10.0 Å². The molecule has 4 rings (SSSR count). The Morgan fingerprint density at radius 1 is 1.13 bits per heavy atom. The van der Waals surface area contributed by atoms with E-state index in [1.54, 1.807) is 23.2 Å². The second kappa shape index (κ2) is 5.35. The number of aromatic hydroxyl groups is 1. The van der Waals surface area contributed by atoms with Gasteiger partial charge in [0.1, 0.15) is 5.52 Å². The second-order valence-electron chi connectivity index (χ2n) is 5.58. The molecule has 2 heterocycles. The fraction of sp³-hybridized carbons (Fsp3) is 0.111. The van der Waals surface area contributed by atoms with Crippen LogP contribution in [0.15, 0.2) is 53.1 Å². The van der Waals surface area contributed by atoms with Crippen molar-refractivity contribution in [2.45, 2.75) is 13.1 Å². The molecule has 0 radical (unpaired) electrons. The summed E-state index contributed by atoms with van der Waals surface area (Å²) in [7, 11) is 0. The lowest BCUT2D eigenvalue weighted by atomic mass is 10.1. The first-order valence-corrected chi connectivity index (χ1v) is 8.06. The zero-order valence-electron chi connectivity index (χ0n) is 12.2. The van der Waals surface area contributed by atoms with Gasteiger partial charge in [-0.1, -0.05) is 46.3 Å². The molecular weight excluding hydrogens is 356 g/mol. The number of nitrogens with zero attached hydrogens (tertiary/aromatic N) is 2. The molecule has 0 unspecified atom stereocenters. The van der Waals surface area contributed by atoms with E-state index in [0.29, 0.717) is 18.6 Å². The number of carbonyl (C=O) groups is 1. The third-order valence-electron chi connectivity index (χ3n) is 4.17. The van der Waals surface area contributed by atoms with Crippen molar-refractivity contribution >= 4 is 32.7 Å². The molecule has 0 saturated heterocycles. The maximum absolute atomic E-state index is 12.8. The summed E-state index contributed by atoms with van der Waals surface area (Å²) in [6.07, 6.45) is 1.61. The molecule has 1 amide bonds. The lowest BCUT2D eigenvalue weighted by molar-refractivity contribution is 0.0748. The standard InChI is InChI=1S/C18H13BrN2O2/c19-15-8-14(17(22)16-13(15)6-3-7-20-16)18(23)21-9-11-4-1-2-5-12(11)10-21/h1-8,22H,9-10H2. The Balaban J connectivity index is 1.76. The van der Waals surface area contributed by atoms with E-state index in [-0.39, 0.29) is 17.2 Å². The van der Waals surface area contributed by atoms with Crippen molar-refractivity contribution in [1.82, 2.24) is 9.88 Å². The van der Waals surface area contributed by atoms with Crippen LogP contribution in [-0.4, -0.2) is 20.9 Å². The number of phenols is 1. The van der Waals surface area contributed by atoms with Crippen molar-refractivity contribution in [2.24, 2.45) is 0 Å². The van der Waals surface area contributed by atoms with Crippen LogP contribution in [0.4, 0.5) is 0 Å². The van der Waals surface area contributed by atoms with Crippen LogP contribution in [0.5, 0.6) is 5.75 Å². The van der Waals surface area contributed by atoms with E-state index < -0.39 is 0 Å². The van der Waals surface area contributed by atoms with Crippen LogP contribution in [0.2, 0.25) is 0 Å². The van der Waals surface area contributed by atoms with Gasteiger partial charge in [0.05, 0.1) is 5.56 Å². The molecular formula is C18H13BrN2O2. The van der Waals surface area contributed by atoms with E-state index in [4.69, 9.17) is 0 Å². The third-order valence-corrected chi connectivity index (χ3v) is 4.83. The zero-order valence-corrected chi connectivity index (χ0v) is 13.7. The Morgan fingerprint density at radius 3 is 2.52 bits per heavy atom. The van der Waals surface area contributed by atoms with Crippen molar-refractivity contribution in [3.63, 3.8) is 0 Å². The SMILES string of the molecule is O=C(c1cc(Br)c2cccnc2c1O)N1Cc2ccccc2C1. The summed E-state index contributed by atoms with van der Waals surface area (Å²) in [6.45, 7) is 1.12. The number of amides is 1. The maximum atomic E-state index is 12.8. The van der Waals surface area contributed by atoms with Crippen LogP contribution >= 0.6 is 15.9 Å². The first kappa shape index (κ1) is 14.2. The summed E-state index contributed by atoms with van der Waals surface area (Å²) in [4.78, 5) is 18.8. The minimum atomic E-state index is -0.188. The minimum Gasteiger partial charge on any atom is -0.505 e. The van der Waals surface area contributed by atoms with Crippen LogP contribution in [0, 0.1) is 0 Å². The summed E-state index contributed by atoms with van der Waals surface area (Å²) in [5, 5.41) is 11.3. The van der Waals surface area contributed by atoms with Gasteiger partial charge >= 0.3 is 0 Å². The summed E-state index contributed by atoms with van der Waals surface area (Å²) in [5.41, 5.74) is 3.01. The predicted molar refractivity (Wildman–Crippen MR) is 91.1 cm³/mol. The third kappa shape index (κ3) is 2.28. The minimum absolute atomic E-state index is 0.0650. The molecule has 5 heteroatoms. The molecule has 3 aromatic rings. The predicted octanol–water partition coefficient (Wildman–Crippen LogP) is 3.86. The van der Waals surface area contributed by atoms with Crippen molar-refractivity contribution in [3.05, 3.63) is 69.8 Å². The van der Waals surface area contributed by atoms with E-state index in [1.807, 2.05) is 30.3 Å². The normalized spacial score (nSPS) is 13.3. The largest absolute Gasteiger partial charge is 0.505 e. The van der Waals surface area contributed by atoms with Crippen molar-refractivity contribution in [1.29, 1.82) is 0 Å². The second-order valence-corrected chi connectivity index (χ2v) is 6.44. The maximum Gasteiger partial charge on any atom is 0.258 e. The van der Waals surface area contributed by atoms with Gasteiger partial charge in [0.2, 0.25) is 0 Å². The van der Waals surface area contributed by atoms with E-state index in [9.17, 15) is 9.90 Å². The highest BCUT2D eigenvalue weighted by molar-refractivity contribution is 9.10. The van der Waals surface area contributed by atoms with Crippen LogP contribution in [0.1, 0.15) is 21.5 Å². The van der Waals surface area contributed by atoms with Crippen molar-refractivity contribution < 1.29 is 9.90 Å².